The van der Waals surface area contributed by atoms with E-state index in [2.05, 4.69) is 30.6 Å². The van der Waals surface area contributed by atoms with E-state index >= 15 is 0 Å². The molecule has 0 bridgehead atoms. The third-order valence-electron chi connectivity index (χ3n) is 4.30. The molecule has 3 aromatic heterocycles. The van der Waals surface area contributed by atoms with Crippen LogP contribution >= 0.6 is 0 Å². The first kappa shape index (κ1) is 19.1. The lowest BCUT2D eigenvalue weighted by Gasteiger charge is -2.15. The lowest BCUT2D eigenvalue weighted by Crippen LogP contribution is -2.30. The molecule has 0 aliphatic rings. The number of nitrogens with zero attached hydrogens (tertiary/aromatic N) is 3. The average molecular weight is 406 g/mol. The Morgan fingerprint density at radius 1 is 1.17 bits per heavy atom. The van der Waals surface area contributed by atoms with Gasteiger partial charge in [0.2, 0.25) is 0 Å². The Morgan fingerprint density at radius 2 is 2.03 bits per heavy atom. The molecular weight excluding hydrogens is 388 g/mol. The van der Waals surface area contributed by atoms with Crippen molar-refractivity contribution in [3.8, 4) is 0 Å². The molecule has 4 rings (SSSR count). The quantitative estimate of drug-likeness (QED) is 0.399. The number of carbonyl (C=O) groups excluding carboxylic acids is 2. The minimum Gasteiger partial charge on any atom is -0.467 e. The van der Waals surface area contributed by atoms with Gasteiger partial charge in [-0.1, -0.05) is 12.1 Å². The van der Waals surface area contributed by atoms with Gasteiger partial charge in [-0.3, -0.25) is 4.79 Å². The highest BCUT2D eigenvalue weighted by Gasteiger charge is 2.22. The molecule has 0 aliphatic heterocycles. The van der Waals surface area contributed by atoms with Gasteiger partial charge in [0.1, 0.15) is 17.6 Å². The van der Waals surface area contributed by atoms with E-state index in [1.165, 1.54) is 19.6 Å². The Balaban J connectivity index is 1.42. The molecule has 4 aromatic rings. The lowest BCUT2D eigenvalue weighted by molar-refractivity contribution is -0.123. The van der Waals surface area contributed by atoms with Crippen LogP contribution in [0.5, 0.6) is 0 Å². The Morgan fingerprint density at radius 3 is 2.87 bits per heavy atom. The van der Waals surface area contributed by atoms with Gasteiger partial charge >= 0.3 is 5.97 Å². The molecule has 1 unspecified atom stereocenters. The maximum atomic E-state index is 12.7. The van der Waals surface area contributed by atoms with Crippen LogP contribution in [-0.4, -0.2) is 37.9 Å². The Hall–Kier alpha value is -4.21. The zero-order valence-corrected chi connectivity index (χ0v) is 16.0. The Kier molecular flexibility index (Phi) is 5.37. The van der Waals surface area contributed by atoms with Crippen molar-refractivity contribution in [3.05, 3.63) is 66.6 Å². The number of aromatic nitrogens is 4. The fourth-order valence-electron chi connectivity index (χ4n) is 2.77. The van der Waals surface area contributed by atoms with Crippen LogP contribution in [0.4, 0.5) is 11.5 Å². The summed E-state index contributed by atoms with van der Waals surface area (Å²) >= 11 is 0. The number of hydrogen-bond donors (Lipinski definition) is 3. The summed E-state index contributed by atoms with van der Waals surface area (Å²) < 4.78 is 10.6. The van der Waals surface area contributed by atoms with Crippen molar-refractivity contribution in [2.24, 2.45) is 0 Å². The van der Waals surface area contributed by atoms with Crippen molar-refractivity contribution < 1.29 is 18.7 Å². The predicted molar refractivity (Wildman–Crippen MR) is 108 cm³/mol. The van der Waals surface area contributed by atoms with Crippen molar-refractivity contribution in [2.75, 3.05) is 10.6 Å². The number of hydrogen-bond acceptors (Lipinski definition) is 8. The number of carbonyl (C=O) groups is 2. The molecule has 1 amide bonds. The number of para-hydroxylation sites is 1. The van der Waals surface area contributed by atoms with E-state index < -0.39 is 18.0 Å². The summed E-state index contributed by atoms with van der Waals surface area (Å²) in [7, 11) is 0. The molecule has 0 saturated carbocycles. The van der Waals surface area contributed by atoms with Crippen molar-refractivity contribution in [1.29, 1.82) is 0 Å². The summed E-state index contributed by atoms with van der Waals surface area (Å²) in [6.45, 7) is 1.89. The average Bonchev–Trinajstić information content (AvgIpc) is 3.44. The van der Waals surface area contributed by atoms with E-state index in [4.69, 9.17) is 9.15 Å². The number of nitrogens with one attached hydrogen (secondary N) is 3. The summed E-state index contributed by atoms with van der Waals surface area (Å²) in [6, 6.07) is 10.5. The molecule has 1 atom stereocenters. The number of ether oxygens (including phenoxy) is 1. The second kappa shape index (κ2) is 8.43. The Bertz CT molecular complexity index is 1170. The molecule has 0 aliphatic carbocycles. The van der Waals surface area contributed by atoms with Crippen LogP contribution in [0.1, 0.15) is 23.0 Å². The number of esters is 1. The zero-order chi connectivity index (χ0) is 20.9. The number of furan rings is 1. The number of H-pyrrole nitrogens is 1. The third-order valence-corrected chi connectivity index (χ3v) is 4.30. The van der Waals surface area contributed by atoms with E-state index in [0.29, 0.717) is 29.0 Å². The van der Waals surface area contributed by atoms with Gasteiger partial charge in [0.05, 0.1) is 24.7 Å². The highest BCUT2D eigenvalue weighted by Crippen LogP contribution is 2.19. The van der Waals surface area contributed by atoms with Crippen LogP contribution in [-0.2, 0) is 16.1 Å². The Labute approximate surface area is 170 Å². The van der Waals surface area contributed by atoms with E-state index in [9.17, 15) is 9.59 Å². The van der Waals surface area contributed by atoms with Crippen LogP contribution in [0.3, 0.4) is 0 Å². The molecule has 30 heavy (non-hydrogen) atoms. The largest absolute Gasteiger partial charge is 0.467 e. The SMILES string of the molecule is CC(OC(=O)c1ccccc1NCc1ccco1)C(=O)Nc1ncnc2nc[nH]c12. The topological polar surface area (TPSA) is 135 Å². The van der Waals surface area contributed by atoms with Crippen LogP contribution < -0.4 is 10.6 Å². The number of aromatic amines is 1. The lowest BCUT2D eigenvalue weighted by atomic mass is 10.1. The van der Waals surface area contributed by atoms with Crippen molar-refractivity contribution in [1.82, 2.24) is 19.9 Å². The fourth-order valence-corrected chi connectivity index (χ4v) is 2.77. The fraction of sp³-hybridized carbons (Fsp3) is 0.150. The van der Waals surface area contributed by atoms with Gasteiger partial charge in [-0.05, 0) is 31.2 Å². The summed E-state index contributed by atoms with van der Waals surface area (Å²) in [6.07, 6.45) is 3.26. The van der Waals surface area contributed by atoms with Gasteiger partial charge in [-0.15, -0.1) is 0 Å². The van der Waals surface area contributed by atoms with Gasteiger partial charge in [0.25, 0.3) is 5.91 Å². The van der Waals surface area contributed by atoms with Gasteiger partial charge in [-0.2, -0.15) is 0 Å². The minimum atomic E-state index is -1.05. The molecule has 0 radical (unpaired) electrons. The van der Waals surface area contributed by atoms with E-state index in [1.807, 2.05) is 6.07 Å². The summed E-state index contributed by atoms with van der Waals surface area (Å²) in [5.41, 5.74) is 1.78. The van der Waals surface area contributed by atoms with E-state index in [-0.39, 0.29) is 5.82 Å². The molecule has 10 nitrogen and oxygen atoms in total. The number of benzene rings is 1. The second-order valence-electron chi connectivity index (χ2n) is 6.34. The van der Waals surface area contributed by atoms with Crippen molar-refractivity contribution in [2.45, 2.75) is 19.6 Å². The van der Waals surface area contributed by atoms with Crippen molar-refractivity contribution in [3.63, 3.8) is 0 Å². The molecule has 3 heterocycles. The minimum absolute atomic E-state index is 0.255. The van der Waals surface area contributed by atoms with E-state index in [0.717, 1.165) is 5.76 Å². The van der Waals surface area contributed by atoms with Gasteiger partial charge in [0.15, 0.2) is 17.6 Å². The first-order valence-electron chi connectivity index (χ1n) is 9.13. The van der Waals surface area contributed by atoms with E-state index in [1.54, 1.807) is 36.6 Å². The molecule has 3 N–H and O–H groups in total. The monoisotopic (exact) mass is 406 g/mol. The summed E-state index contributed by atoms with van der Waals surface area (Å²) in [4.78, 5) is 40.0. The van der Waals surface area contributed by atoms with Crippen LogP contribution in [0, 0.1) is 0 Å². The van der Waals surface area contributed by atoms with Crippen LogP contribution in [0.15, 0.2) is 59.7 Å². The summed E-state index contributed by atoms with van der Waals surface area (Å²) in [5, 5.41) is 5.75. The number of rotatable bonds is 7. The van der Waals surface area contributed by atoms with Crippen LogP contribution in [0.2, 0.25) is 0 Å². The first-order chi connectivity index (χ1) is 14.6. The molecule has 0 fully saturated rings. The van der Waals surface area contributed by atoms with Crippen LogP contribution in [0.25, 0.3) is 11.2 Å². The molecule has 152 valence electrons. The van der Waals surface area contributed by atoms with Gasteiger partial charge < -0.3 is 24.8 Å². The number of amides is 1. The smallest absolute Gasteiger partial charge is 0.341 e. The molecule has 0 saturated heterocycles. The molecule has 1 aromatic carbocycles. The standard InChI is InChI=1S/C20H18N6O4/c1-12(19(27)26-18-16-17(23-10-22-16)24-11-25-18)30-20(28)14-6-2-3-7-15(14)21-9-13-5-4-8-29-13/h2-8,10-12,21H,9H2,1H3,(H2,22,23,24,25,26,27). The zero-order valence-electron chi connectivity index (χ0n) is 16.0. The van der Waals surface area contributed by atoms with Gasteiger partial charge in [0, 0.05) is 5.69 Å². The van der Waals surface area contributed by atoms with Crippen molar-refractivity contribution >= 4 is 34.5 Å². The maximum absolute atomic E-state index is 12.7. The predicted octanol–water partition coefficient (Wildman–Crippen LogP) is 2.74. The number of anilines is 2. The maximum Gasteiger partial charge on any atom is 0.341 e. The highest BCUT2D eigenvalue weighted by atomic mass is 16.5. The molecule has 10 heteroatoms. The van der Waals surface area contributed by atoms with Gasteiger partial charge in [-0.25, -0.2) is 19.7 Å². The first-order valence-corrected chi connectivity index (χ1v) is 9.13. The number of fused-ring (bicyclic) bond motifs is 1. The number of imidazole rings is 1. The second-order valence-corrected chi connectivity index (χ2v) is 6.34. The molecule has 0 spiro atoms. The summed E-state index contributed by atoms with van der Waals surface area (Å²) in [5.74, 6) is -0.180. The molecular formula is C20H18N6O4. The highest BCUT2D eigenvalue weighted by molar-refractivity contribution is 6.01. The normalized spacial score (nSPS) is 11.8. The third kappa shape index (κ3) is 4.12.